The van der Waals surface area contributed by atoms with Crippen molar-refractivity contribution in [3.63, 3.8) is 0 Å². The normalized spacial score (nSPS) is 31.4. The van der Waals surface area contributed by atoms with Crippen LogP contribution in [0.4, 0.5) is 18.0 Å². The van der Waals surface area contributed by atoms with Crippen LogP contribution in [0, 0.1) is 17.8 Å². The van der Waals surface area contributed by atoms with Crippen LogP contribution in [-0.4, -0.2) is 16.4 Å². The molecule has 1 heterocycles. The molecule has 0 radical (unpaired) electrons. The zero-order chi connectivity index (χ0) is 22.3. The summed E-state index contributed by atoms with van der Waals surface area (Å²) in [6, 6.07) is 2.93. The second kappa shape index (κ2) is 8.39. The average Bonchev–Trinajstić information content (AvgIpc) is 2.97. The molecule has 31 heavy (non-hydrogen) atoms. The van der Waals surface area contributed by atoms with Crippen molar-refractivity contribution in [1.29, 1.82) is 0 Å². The molecule has 5 rings (SSSR count). The number of rotatable bonds is 3. The van der Waals surface area contributed by atoms with Crippen LogP contribution in [0.1, 0.15) is 24.8 Å². The number of hydrogen-bond acceptors (Lipinski definition) is 4. The maximum Gasteiger partial charge on any atom is 0.416 e. The Hall–Kier alpha value is -2.19. The summed E-state index contributed by atoms with van der Waals surface area (Å²) in [6.07, 6.45) is 3.14. The second-order valence-electron chi connectivity index (χ2n) is 7.91. The summed E-state index contributed by atoms with van der Waals surface area (Å²) < 4.78 is 44.4. The molecule has 2 amide bonds. The van der Waals surface area contributed by atoms with E-state index >= 15 is 0 Å². The lowest BCUT2D eigenvalue weighted by Gasteiger charge is -2.42. The number of thioether (sulfide) groups is 1. The Morgan fingerprint density at radius 3 is 2.58 bits per heavy atom. The van der Waals surface area contributed by atoms with Crippen molar-refractivity contribution in [2.45, 2.75) is 30.7 Å². The molecule has 1 saturated carbocycles. The molecular formula is C22H19ClF3NO3S. The van der Waals surface area contributed by atoms with Crippen LogP contribution in [-0.2, 0) is 11.0 Å². The third-order valence-electron chi connectivity index (χ3n) is 5.92. The Kier molecular flexibility index (Phi) is 5.96. The van der Waals surface area contributed by atoms with Crippen molar-refractivity contribution in [3.8, 4) is 5.75 Å². The van der Waals surface area contributed by atoms with Gasteiger partial charge in [-0.05, 0) is 72.9 Å². The van der Waals surface area contributed by atoms with Gasteiger partial charge in [0.15, 0.2) is 0 Å². The Bertz CT molecular complexity index is 998. The van der Waals surface area contributed by atoms with Gasteiger partial charge in [-0.2, -0.15) is 13.2 Å². The first-order chi connectivity index (χ1) is 14.6. The Labute approximate surface area is 186 Å². The molecule has 0 spiro atoms. The summed E-state index contributed by atoms with van der Waals surface area (Å²) in [5, 5.41) is 1.46. The number of carbonyl (C=O) groups is 2. The number of nitrogens with one attached hydrogen (secondary N) is 1. The quantitative estimate of drug-likeness (QED) is 0.578. The smallest absolute Gasteiger partial charge is 0.416 e. The van der Waals surface area contributed by atoms with Crippen molar-refractivity contribution in [1.82, 2.24) is 5.32 Å². The van der Waals surface area contributed by atoms with Crippen LogP contribution in [0.3, 0.4) is 0 Å². The number of alkyl halides is 3. The minimum Gasteiger partial charge on any atom is -0.456 e. The number of hydrogen-bond donors (Lipinski definition) is 1. The summed E-state index contributed by atoms with van der Waals surface area (Å²) in [5.41, 5.74) is -0.00541. The van der Waals surface area contributed by atoms with Crippen LogP contribution < -0.4 is 10.1 Å². The molecule has 2 atom stereocenters. The van der Waals surface area contributed by atoms with Gasteiger partial charge in [-0.15, -0.1) is 0 Å². The number of halogens is 4. The molecule has 1 aliphatic heterocycles. The van der Waals surface area contributed by atoms with Gasteiger partial charge < -0.3 is 4.74 Å². The largest absolute Gasteiger partial charge is 0.456 e. The van der Waals surface area contributed by atoms with E-state index in [-0.39, 0.29) is 33.8 Å². The third kappa shape index (κ3) is 4.70. The third-order valence-corrected chi connectivity index (χ3v) is 7.35. The van der Waals surface area contributed by atoms with Gasteiger partial charge in [-0.25, -0.2) is 0 Å². The topological polar surface area (TPSA) is 55.4 Å². The summed E-state index contributed by atoms with van der Waals surface area (Å²) in [4.78, 5) is 23.8. The lowest BCUT2D eigenvalue weighted by atomic mass is 9.64. The zero-order valence-corrected chi connectivity index (χ0v) is 17.8. The number of fused-ring (bicyclic) bond motifs is 4. The highest BCUT2D eigenvalue weighted by molar-refractivity contribution is 8.15. The van der Waals surface area contributed by atoms with E-state index in [1.165, 1.54) is 6.07 Å². The summed E-state index contributed by atoms with van der Waals surface area (Å²) in [5.74, 6) is 0.804. The lowest BCUT2D eigenvalue weighted by molar-refractivity contribution is -0.137. The summed E-state index contributed by atoms with van der Waals surface area (Å²) >= 11 is 7.06. The van der Waals surface area contributed by atoms with Gasteiger partial charge in [0.2, 0.25) is 5.91 Å². The predicted octanol–water partition coefficient (Wildman–Crippen LogP) is 6.13. The van der Waals surface area contributed by atoms with E-state index in [1.807, 2.05) is 6.08 Å². The van der Waals surface area contributed by atoms with Gasteiger partial charge in [-0.1, -0.05) is 36.0 Å². The molecule has 0 aromatic heterocycles. The molecule has 4 nitrogen and oxygen atoms in total. The molecule has 1 saturated heterocycles. The second-order valence-corrected chi connectivity index (χ2v) is 9.43. The number of imide groups is 1. The molecule has 4 aliphatic rings. The lowest BCUT2D eigenvalue weighted by Crippen LogP contribution is -2.39. The number of ether oxygens (including phenoxy) is 1. The first-order valence-corrected chi connectivity index (χ1v) is 11.0. The number of amides is 2. The molecule has 2 fully saturated rings. The van der Waals surface area contributed by atoms with Gasteiger partial charge in [0.05, 0.1) is 15.8 Å². The van der Waals surface area contributed by atoms with Crippen LogP contribution >= 0.6 is 23.4 Å². The van der Waals surface area contributed by atoms with Crippen LogP contribution in [0.15, 0.2) is 54.3 Å². The maximum atomic E-state index is 12.9. The molecule has 1 aromatic rings. The highest BCUT2D eigenvalue weighted by Gasteiger charge is 2.45. The molecule has 9 heteroatoms. The average molecular weight is 470 g/mol. The minimum absolute atomic E-state index is 0.00533. The summed E-state index contributed by atoms with van der Waals surface area (Å²) in [7, 11) is 0. The Balaban J connectivity index is 1.55. The Morgan fingerprint density at radius 2 is 1.97 bits per heavy atom. The fourth-order valence-corrected chi connectivity index (χ4v) is 5.45. The first kappa shape index (κ1) is 22.0. The maximum absolute atomic E-state index is 12.9. The predicted molar refractivity (Wildman–Crippen MR) is 113 cm³/mol. The summed E-state index contributed by atoms with van der Waals surface area (Å²) in [6.45, 7) is 4.11. The zero-order valence-electron chi connectivity index (χ0n) is 16.2. The van der Waals surface area contributed by atoms with E-state index in [0.717, 1.165) is 42.3 Å². The first-order valence-electron chi connectivity index (χ1n) is 9.75. The fourth-order valence-electron chi connectivity index (χ4n) is 4.17. The number of benzene rings is 1. The van der Waals surface area contributed by atoms with Gasteiger partial charge in [0, 0.05) is 0 Å². The molecule has 3 aliphatic carbocycles. The van der Waals surface area contributed by atoms with Crippen LogP contribution in [0.2, 0.25) is 5.02 Å². The van der Waals surface area contributed by atoms with Crippen molar-refractivity contribution in [2.75, 3.05) is 0 Å². The van der Waals surface area contributed by atoms with Gasteiger partial charge in [-0.3, -0.25) is 14.9 Å². The van der Waals surface area contributed by atoms with E-state index in [4.69, 9.17) is 16.3 Å². The number of allylic oxidation sites excluding steroid dienone is 4. The van der Waals surface area contributed by atoms with Gasteiger partial charge in [0.1, 0.15) is 11.5 Å². The van der Waals surface area contributed by atoms with E-state index in [1.54, 1.807) is 12.2 Å². The molecular weight excluding hydrogens is 451 g/mol. The van der Waals surface area contributed by atoms with E-state index in [2.05, 4.69) is 11.9 Å². The molecule has 2 unspecified atom stereocenters. The highest BCUT2D eigenvalue weighted by atomic mass is 35.5. The SMILES string of the molecule is C=C1/C=C(Oc2ccc(C(F)(F)F)cc2Cl)\C=C/CC(C2SC(=O)NC2=O)C2CC1C2. The minimum atomic E-state index is -4.49. The number of carbonyl (C=O) groups excluding carboxylic acids is 2. The van der Waals surface area contributed by atoms with Crippen molar-refractivity contribution < 1.29 is 27.5 Å². The standard InChI is InChI=1S/C22H19ClF3NO3S/c1-11-7-15(30-18-6-5-14(10-17(18)23)22(24,25)26)3-2-4-16(13-8-12(11)9-13)19-20(28)27-21(29)31-19/h2-3,5-7,10,12-13,16,19H,1,4,8-9H2,(H,27,28,29)/b3-2-,15-7+. The van der Waals surface area contributed by atoms with E-state index in [9.17, 15) is 22.8 Å². The van der Waals surface area contributed by atoms with Crippen molar-refractivity contribution >= 4 is 34.5 Å². The van der Waals surface area contributed by atoms with Crippen LogP contribution in [0.5, 0.6) is 5.75 Å². The van der Waals surface area contributed by atoms with Crippen LogP contribution in [0.25, 0.3) is 0 Å². The van der Waals surface area contributed by atoms with Gasteiger partial charge in [0.25, 0.3) is 5.24 Å². The van der Waals surface area contributed by atoms with Gasteiger partial charge >= 0.3 is 6.18 Å². The Morgan fingerprint density at radius 1 is 1.23 bits per heavy atom. The highest BCUT2D eigenvalue weighted by Crippen LogP contribution is 2.48. The van der Waals surface area contributed by atoms with E-state index < -0.39 is 17.0 Å². The fraction of sp³-hybridized carbons (Fsp3) is 0.364. The monoisotopic (exact) mass is 469 g/mol. The van der Waals surface area contributed by atoms with E-state index in [0.29, 0.717) is 18.1 Å². The van der Waals surface area contributed by atoms with Crippen molar-refractivity contribution in [2.24, 2.45) is 17.8 Å². The molecule has 164 valence electrons. The molecule has 1 aromatic carbocycles. The molecule has 2 bridgehead atoms. The molecule has 1 N–H and O–H groups in total. The van der Waals surface area contributed by atoms with Crippen molar-refractivity contribution in [3.05, 3.63) is 64.9 Å².